The van der Waals surface area contributed by atoms with Crippen molar-refractivity contribution in [2.24, 2.45) is 0 Å². The molecule has 30 heavy (non-hydrogen) atoms. The van der Waals surface area contributed by atoms with E-state index in [2.05, 4.69) is 20.3 Å². The number of aromatic nitrogens is 5. The zero-order valence-corrected chi connectivity index (χ0v) is 16.8. The molecule has 0 radical (unpaired) electrons. The van der Waals surface area contributed by atoms with Crippen LogP contribution in [0.5, 0.6) is 0 Å². The van der Waals surface area contributed by atoms with Crippen molar-refractivity contribution in [1.82, 2.24) is 24.7 Å². The Morgan fingerprint density at radius 1 is 1.17 bits per heavy atom. The van der Waals surface area contributed by atoms with Gasteiger partial charge < -0.3 is 10.1 Å². The first-order chi connectivity index (χ1) is 14.6. The maximum absolute atomic E-state index is 14.3. The minimum absolute atomic E-state index is 0.233. The number of aryl methyl sites for hydroxylation is 2. The standard InChI is InChI=1S/C22H21FN6O/c1-13-10-25-19(21-16(23)4-3-14(2)26-21)9-18(13)27-17-5-7-24-20-11-29(28-22(17)20)15-6-8-30-12-15/h3-5,7,9-11,15H,6,8,12H2,1-2H3,(H,25,27)/t15-/m1/s1. The molecule has 1 atom stereocenters. The Morgan fingerprint density at radius 3 is 2.90 bits per heavy atom. The summed E-state index contributed by atoms with van der Waals surface area (Å²) in [4.78, 5) is 13.1. The smallest absolute Gasteiger partial charge is 0.151 e. The fourth-order valence-corrected chi connectivity index (χ4v) is 3.61. The van der Waals surface area contributed by atoms with E-state index < -0.39 is 5.82 Å². The number of anilines is 2. The molecule has 0 aromatic carbocycles. The summed E-state index contributed by atoms with van der Waals surface area (Å²) in [5.74, 6) is -0.397. The average Bonchev–Trinajstić information content (AvgIpc) is 3.41. The molecule has 1 aliphatic heterocycles. The van der Waals surface area contributed by atoms with Crippen LogP contribution in [0.4, 0.5) is 15.8 Å². The molecule has 5 rings (SSSR count). The molecule has 4 aromatic heterocycles. The summed E-state index contributed by atoms with van der Waals surface area (Å²) in [5, 5.41) is 8.18. The molecule has 0 saturated carbocycles. The van der Waals surface area contributed by atoms with Gasteiger partial charge in [-0.25, -0.2) is 9.37 Å². The van der Waals surface area contributed by atoms with Crippen molar-refractivity contribution in [1.29, 1.82) is 0 Å². The SMILES string of the molecule is Cc1ccc(F)c(-c2cc(Nc3ccnc4cn([C@@H]5CCOC5)nc34)c(C)cn2)n1. The Bertz CT molecular complexity index is 1230. The van der Waals surface area contributed by atoms with E-state index in [4.69, 9.17) is 9.84 Å². The number of nitrogens with one attached hydrogen (secondary N) is 1. The molecule has 1 fully saturated rings. The number of rotatable bonds is 4. The molecule has 0 aliphatic carbocycles. The van der Waals surface area contributed by atoms with Gasteiger partial charge in [-0.1, -0.05) is 0 Å². The molecule has 0 spiro atoms. The van der Waals surface area contributed by atoms with E-state index in [1.165, 1.54) is 6.07 Å². The number of nitrogens with zero attached hydrogens (tertiary/aromatic N) is 5. The second-order valence-electron chi connectivity index (χ2n) is 7.51. The Labute approximate surface area is 173 Å². The Morgan fingerprint density at radius 2 is 2.07 bits per heavy atom. The molecule has 7 nitrogen and oxygen atoms in total. The minimum atomic E-state index is -0.397. The lowest BCUT2D eigenvalue weighted by Crippen LogP contribution is -2.08. The summed E-state index contributed by atoms with van der Waals surface area (Å²) in [6.45, 7) is 5.20. The first-order valence-corrected chi connectivity index (χ1v) is 9.87. The highest BCUT2D eigenvalue weighted by molar-refractivity contribution is 5.89. The summed E-state index contributed by atoms with van der Waals surface area (Å²) < 4.78 is 21.7. The van der Waals surface area contributed by atoms with Gasteiger partial charge in [0.05, 0.1) is 30.2 Å². The number of hydrogen-bond donors (Lipinski definition) is 1. The number of halogens is 1. The van der Waals surface area contributed by atoms with Crippen LogP contribution in [-0.2, 0) is 4.74 Å². The summed E-state index contributed by atoms with van der Waals surface area (Å²) in [7, 11) is 0. The van der Waals surface area contributed by atoms with Crippen molar-refractivity contribution < 1.29 is 9.13 Å². The zero-order chi connectivity index (χ0) is 20.7. The molecule has 8 heteroatoms. The lowest BCUT2D eigenvalue weighted by Gasteiger charge is -2.12. The van der Waals surface area contributed by atoms with Crippen LogP contribution in [-0.4, -0.2) is 37.9 Å². The van der Waals surface area contributed by atoms with Crippen LogP contribution in [0.15, 0.2) is 42.9 Å². The molecule has 4 aromatic rings. The first kappa shape index (κ1) is 18.6. The van der Waals surface area contributed by atoms with E-state index >= 15 is 0 Å². The number of ether oxygens (including phenoxy) is 1. The van der Waals surface area contributed by atoms with Crippen molar-refractivity contribution in [3.8, 4) is 11.4 Å². The largest absolute Gasteiger partial charge is 0.379 e. The van der Waals surface area contributed by atoms with Crippen molar-refractivity contribution in [3.05, 3.63) is 59.9 Å². The van der Waals surface area contributed by atoms with Crippen molar-refractivity contribution in [2.75, 3.05) is 18.5 Å². The fourth-order valence-electron chi connectivity index (χ4n) is 3.61. The van der Waals surface area contributed by atoms with Crippen LogP contribution in [0, 0.1) is 19.7 Å². The molecule has 1 N–H and O–H groups in total. The van der Waals surface area contributed by atoms with Gasteiger partial charge in [0.2, 0.25) is 0 Å². The maximum Gasteiger partial charge on any atom is 0.151 e. The highest BCUT2D eigenvalue weighted by atomic mass is 19.1. The summed E-state index contributed by atoms with van der Waals surface area (Å²) in [6.07, 6.45) is 6.37. The lowest BCUT2D eigenvalue weighted by atomic mass is 10.1. The zero-order valence-electron chi connectivity index (χ0n) is 16.8. The second-order valence-corrected chi connectivity index (χ2v) is 7.51. The topological polar surface area (TPSA) is 77.8 Å². The Kier molecular flexibility index (Phi) is 4.63. The van der Waals surface area contributed by atoms with Crippen LogP contribution >= 0.6 is 0 Å². The number of pyridine rings is 3. The molecule has 1 saturated heterocycles. The van der Waals surface area contributed by atoms with Crippen molar-refractivity contribution in [2.45, 2.75) is 26.3 Å². The van der Waals surface area contributed by atoms with Crippen molar-refractivity contribution in [3.63, 3.8) is 0 Å². The van der Waals surface area contributed by atoms with E-state index in [0.29, 0.717) is 12.3 Å². The predicted octanol–water partition coefficient (Wildman–Crippen LogP) is 4.35. The summed E-state index contributed by atoms with van der Waals surface area (Å²) in [6, 6.07) is 6.99. The Balaban J connectivity index is 1.52. The van der Waals surface area contributed by atoms with Crippen LogP contribution in [0.2, 0.25) is 0 Å². The number of fused-ring (bicyclic) bond motifs is 1. The molecule has 152 valence electrons. The van der Waals surface area contributed by atoms with Gasteiger partial charge in [-0.2, -0.15) is 5.10 Å². The van der Waals surface area contributed by atoms with E-state index in [9.17, 15) is 4.39 Å². The molecule has 0 unspecified atom stereocenters. The van der Waals surface area contributed by atoms with Gasteiger partial charge in [-0.3, -0.25) is 14.6 Å². The van der Waals surface area contributed by atoms with Crippen LogP contribution in [0.1, 0.15) is 23.7 Å². The molecular weight excluding hydrogens is 383 g/mol. The number of hydrogen-bond acceptors (Lipinski definition) is 6. The molecule has 1 aliphatic rings. The van der Waals surface area contributed by atoms with Gasteiger partial charge in [0.25, 0.3) is 0 Å². The third-order valence-electron chi connectivity index (χ3n) is 5.30. The van der Waals surface area contributed by atoms with Crippen LogP contribution < -0.4 is 5.32 Å². The van der Waals surface area contributed by atoms with Crippen molar-refractivity contribution >= 4 is 22.4 Å². The average molecular weight is 404 g/mol. The van der Waals surface area contributed by atoms with Crippen LogP contribution in [0.25, 0.3) is 22.4 Å². The molecular formula is C22H21FN6O. The van der Waals surface area contributed by atoms with Gasteiger partial charge in [0, 0.05) is 30.4 Å². The van der Waals surface area contributed by atoms with E-state index in [-0.39, 0.29) is 11.7 Å². The van der Waals surface area contributed by atoms with Gasteiger partial charge >= 0.3 is 0 Å². The highest BCUT2D eigenvalue weighted by Crippen LogP contribution is 2.30. The van der Waals surface area contributed by atoms with Gasteiger partial charge in [0.1, 0.15) is 16.7 Å². The van der Waals surface area contributed by atoms with E-state index in [0.717, 1.165) is 46.7 Å². The quantitative estimate of drug-likeness (QED) is 0.545. The lowest BCUT2D eigenvalue weighted by molar-refractivity contribution is 0.184. The van der Waals surface area contributed by atoms with E-state index in [1.54, 1.807) is 18.5 Å². The molecule has 5 heterocycles. The normalized spacial score (nSPS) is 16.3. The first-order valence-electron chi connectivity index (χ1n) is 9.87. The van der Waals surface area contributed by atoms with E-state index in [1.807, 2.05) is 36.9 Å². The minimum Gasteiger partial charge on any atom is -0.379 e. The van der Waals surface area contributed by atoms with Crippen LogP contribution in [0.3, 0.4) is 0 Å². The highest BCUT2D eigenvalue weighted by Gasteiger charge is 2.20. The fraction of sp³-hybridized carbons (Fsp3) is 0.273. The monoisotopic (exact) mass is 404 g/mol. The second kappa shape index (κ2) is 7.46. The van der Waals surface area contributed by atoms with Gasteiger partial charge in [-0.15, -0.1) is 0 Å². The van der Waals surface area contributed by atoms with Gasteiger partial charge in [-0.05, 0) is 50.1 Å². The summed E-state index contributed by atoms with van der Waals surface area (Å²) >= 11 is 0. The third kappa shape index (κ3) is 3.39. The summed E-state index contributed by atoms with van der Waals surface area (Å²) in [5.41, 5.74) is 5.62. The third-order valence-corrected chi connectivity index (χ3v) is 5.30. The maximum atomic E-state index is 14.3. The predicted molar refractivity (Wildman–Crippen MR) is 112 cm³/mol. The molecule has 0 bridgehead atoms. The van der Waals surface area contributed by atoms with Gasteiger partial charge in [0.15, 0.2) is 5.82 Å². The molecule has 0 amide bonds. The Hall–Kier alpha value is -3.39.